The van der Waals surface area contributed by atoms with Crippen LogP contribution >= 0.6 is 0 Å². The van der Waals surface area contributed by atoms with E-state index in [0.717, 1.165) is 11.0 Å². The van der Waals surface area contributed by atoms with Crippen LogP contribution < -0.4 is 10.6 Å². The number of halogens is 3. The highest BCUT2D eigenvalue weighted by Gasteiger charge is 2.59. The van der Waals surface area contributed by atoms with E-state index in [1.807, 2.05) is 0 Å². The third-order valence-electron chi connectivity index (χ3n) is 4.56. The van der Waals surface area contributed by atoms with Crippen LogP contribution in [0.25, 0.3) is 0 Å². The summed E-state index contributed by atoms with van der Waals surface area (Å²) in [4.78, 5) is 25.6. The van der Waals surface area contributed by atoms with Crippen molar-refractivity contribution in [1.29, 1.82) is 0 Å². The van der Waals surface area contributed by atoms with Gasteiger partial charge in [-0.1, -0.05) is 6.07 Å². The number of primary amides is 1. The molecule has 1 radical (unpaired) electrons. The maximum Gasteiger partial charge on any atom is 0.249 e. The number of alkyl halides is 2. The molecule has 1 spiro atoms. The van der Waals surface area contributed by atoms with Gasteiger partial charge in [0, 0.05) is 18.5 Å². The van der Waals surface area contributed by atoms with Gasteiger partial charge >= 0.3 is 0 Å². The SMILES string of the molecule is NC(=O)C1CC2(C[CH]CC(F)(F)C2)C(=O)N1c1cccc(F)c1. The highest BCUT2D eigenvalue weighted by molar-refractivity contribution is 6.06. The van der Waals surface area contributed by atoms with Gasteiger partial charge in [-0.2, -0.15) is 0 Å². The van der Waals surface area contributed by atoms with Crippen LogP contribution in [0.2, 0.25) is 0 Å². The summed E-state index contributed by atoms with van der Waals surface area (Å²) in [6, 6.07) is 4.09. The molecule has 123 valence electrons. The Morgan fingerprint density at radius 3 is 2.65 bits per heavy atom. The van der Waals surface area contributed by atoms with Crippen molar-refractivity contribution in [2.24, 2.45) is 11.1 Å². The van der Waals surface area contributed by atoms with Crippen LogP contribution in [-0.2, 0) is 9.59 Å². The average molecular weight is 325 g/mol. The van der Waals surface area contributed by atoms with Crippen molar-refractivity contribution in [3.05, 3.63) is 36.5 Å². The molecule has 0 aromatic heterocycles. The second-order valence-corrected chi connectivity index (χ2v) is 6.29. The van der Waals surface area contributed by atoms with Crippen molar-refractivity contribution in [2.75, 3.05) is 4.90 Å². The smallest absolute Gasteiger partial charge is 0.249 e. The number of amides is 2. The van der Waals surface area contributed by atoms with Crippen molar-refractivity contribution in [3.8, 4) is 0 Å². The van der Waals surface area contributed by atoms with Crippen molar-refractivity contribution in [1.82, 2.24) is 0 Å². The molecule has 1 aromatic carbocycles. The lowest BCUT2D eigenvalue weighted by atomic mass is 9.70. The Morgan fingerprint density at radius 1 is 1.30 bits per heavy atom. The summed E-state index contributed by atoms with van der Waals surface area (Å²) < 4.78 is 41.1. The molecule has 2 fully saturated rings. The normalized spacial score (nSPS) is 30.0. The second kappa shape index (κ2) is 5.25. The number of benzene rings is 1. The largest absolute Gasteiger partial charge is 0.368 e. The second-order valence-electron chi connectivity index (χ2n) is 6.29. The van der Waals surface area contributed by atoms with Crippen molar-refractivity contribution in [2.45, 2.75) is 37.6 Å². The Labute approximate surface area is 131 Å². The number of nitrogens with two attached hydrogens (primary N) is 1. The monoisotopic (exact) mass is 325 g/mol. The van der Waals surface area contributed by atoms with Gasteiger partial charge in [-0.15, -0.1) is 0 Å². The maximum absolute atomic E-state index is 13.8. The first-order valence-corrected chi connectivity index (χ1v) is 7.32. The van der Waals surface area contributed by atoms with Gasteiger partial charge in [0.2, 0.25) is 17.7 Å². The Balaban J connectivity index is 2.02. The van der Waals surface area contributed by atoms with E-state index in [2.05, 4.69) is 0 Å². The van der Waals surface area contributed by atoms with Gasteiger partial charge in [0.25, 0.3) is 0 Å². The fraction of sp³-hybridized carbons (Fsp3) is 0.438. The third kappa shape index (κ3) is 2.68. The number of hydrogen-bond acceptors (Lipinski definition) is 2. The minimum Gasteiger partial charge on any atom is -0.368 e. The Morgan fingerprint density at radius 2 is 2.04 bits per heavy atom. The molecule has 4 nitrogen and oxygen atoms in total. The topological polar surface area (TPSA) is 63.4 Å². The molecular formula is C16H16F3N2O2. The lowest BCUT2D eigenvalue weighted by Gasteiger charge is -2.36. The molecule has 0 bridgehead atoms. The summed E-state index contributed by atoms with van der Waals surface area (Å²) in [5, 5.41) is 0. The predicted octanol–water partition coefficient (Wildman–Crippen LogP) is 2.43. The van der Waals surface area contributed by atoms with Gasteiger partial charge in [-0.25, -0.2) is 13.2 Å². The maximum atomic E-state index is 13.8. The van der Waals surface area contributed by atoms with Gasteiger partial charge in [0.1, 0.15) is 11.9 Å². The third-order valence-corrected chi connectivity index (χ3v) is 4.56. The molecular weight excluding hydrogens is 309 g/mol. The summed E-state index contributed by atoms with van der Waals surface area (Å²) in [5.41, 5.74) is 4.16. The standard InChI is InChI=1S/C16H16F3N2O2/c17-10-3-1-4-11(7-10)21-12(13(20)22)8-15(14(21)23)5-2-6-16(18,19)9-15/h1-4,7,12H,5-6,8-9H2,(H2,20,22). The molecule has 2 atom stereocenters. The molecule has 1 aliphatic carbocycles. The summed E-state index contributed by atoms with van der Waals surface area (Å²) in [5.74, 6) is -4.95. The van der Waals surface area contributed by atoms with E-state index in [-0.39, 0.29) is 24.9 Å². The average Bonchev–Trinajstić information content (AvgIpc) is 2.71. The Bertz CT molecular complexity index is 664. The first-order chi connectivity index (χ1) is 10.7. The minimum absolute atomic E-state index is 0.0796. The molecule has 1 saturated carbocycles. The van der Waals surface area contributed by atoms with Crippen LogP contribution in [0.3, 0.4) is 0 Å². The Hall–Kier alpha value is -2.05. The van der Waals surface area contributed by atoms with Gasteiger partial charge in [-0.05, 0) is 37.5 Å². The molecule has 1 aromatic rings. The Kier molecular flexibility index (Phi) is 3.61. The molecule has 3 rings (SSSR count). The van der Waals surface area contributed by atoms with Gasteiger partial charge in [0.05, 0.1) is 5.41 Å². The summed E-state index contributed by atoms with van der Waals surface area (Å²) in [6.07, 6.45) is 0.462. The summed E-state index contributed by atoms with van der Waals surface area (Å²) >= 11 is 0. The van der Waals surface area contributed by atoms with E-state index in [4.69, 9.17) is 5.73 Å². The zero-order chi connectivity index (χ0) is 16.8. The predicted molar refractivity (Wildman–Crippen MR) is 77.0 cm³/mol. The lowest BCUT2D eigenvalue weighted by Crippen LogP contribution is -2.44. The number of anilines is 1. The minimum atomic E-state index is -2.99. The molecule has 2 aliphatic rings. The molecule has 2 N–H and O–H groups in total. The van der Waals surface area contributed by atoms with Crippen molar-refractivity contribution >= 4 is 17.5 Å². The van der Waals surface area contributed by atoms with Gasteiger partial charge in [0.15, 0.2) is 0 Å². The molecule has 1 heterocycles. The van der Waals surface area contributed by atoms with E-state index < -0.39 is 41.4 Å². The zero-order valence-electron chi connectivity index (χ0n) is 12.3. The highest BCUT2D eigenvalue weighted by Crippen LogP contribution is 2.52. The fourth-order valence-electron chi connectivity index (χ4n) is 3.61. The van der Waals surface area contributed by atoms with Crippen LogP contribution in [0.5, 0.6) is 0 Å². The molecule has 2 unspecified atom stereocenters. The summed E-state index contributed by atoms with van der Waals surface area (Å²) in [6.45, 7) is 0. The van der Waals surface area contributed by atoms with Crippen LogP contribution in [-0.4, -0.2) is 23.8 Å². The van der Waals surface area contributed by atoms with Crippen LogP contribution in [0.15, 0.2) is 24.3 Å². The van der Waals surface area contributed by atoms with Crippen LogP contribution in [0, 0.1) is 17.7 Å². The number of carbonyl (C=O) groups excluding carboxylic acids is 2. The number of nitrogens with zero attached hydrogens (tertiary/aromatic N) is 1. The first-order valence-electron chi connectivity index (χ1n) is 7.32. The van der Waals surface area contributed by atoms with Crippen LogP contribution in [0.1, 0.15) is 25.7 Å². The number of hydrogen-bond donors (Lipinski definition) is 1. The number of carbonyl (C=O) groups is 2. The van der Waals surface area contributed by atoms with Crippen molar-refractivity contribution < 1.29 is 22.8 Å². The van der Waals surface area contributed by atoms with E-state index in [9.17, 15) is 22.8 Å². The molecule has 7 heteroatoms. The van der Waals surface area contributed by atoms with E-state index in [0.29, 0.717) is 0 Å². The van der Waals surface area contributed by atoms with Crippen LogP contribution in [0.4, 0.5) is 18.9 Å². The van der Waals surface area contributed by atoms with Crippen molar-refractivity contribution in [3.63, 3.8) is 0 Å². The molecule has 2 amide bonds. The summed E-state index contributed by atoms with van der Waals surface area (Å²) in [7, 11) is 0. The van der Waals surface area contributed by atoms with E-state index in [1.165, 1.54) is 24.6 Å². The van der Waals surface area contributed by atoms with Gasteiger partial charge in [-0.3, -0.25) is 14.5 Å². The fourth-order valence-corrected chi connectivity index (χ4v) is 3.61. The highest BCUT2D eigenvalue weighted by atomic mass is 19.3. The molecule has 1 saturated heterocycles. The first kappa shape index (κ1) is 15.8. The quantitative estimate of drug-likeness (QED) is 0.908. The van der Waals surface area contributed by atoms with E-state index in [1.54, 1.807) is 0 Å². The lowest BCUT2D eigenvalue weighted by molar-refractivity contribution is -0.135. The number of rotatable bonds is 2. The van der Waals surface area contributed by atoms with Gasteiger partial charge < -0.3 is 5.73 Å². The molecule has 23 heavy (non-hydrogen) atoms. The van der Waals surface area contributed by atoms with E-state index >= 15 is 0 Å². The molecule has 1 aliphatic heterocycles. The zero-order valence-corrected chi connectivity index (χ0v) is 12.3.